The van der Waals surface area contributed by atoms with Crippen LogP contribution in [-0.4, -0.2) is 60.5 Å². The van der Waals surface area contributed by atoms with Gasteiger partial charge in [-0.05, 0) is 30.2 Å². The molecule has 2 saturated heterocycles. The van der Waals surface area contributed by atoms with Gasteiger partial charge in [0.15, 0.2) is 0 Å². The third-order valence-corrected chi connectivity index (χ3v) is 5.12. The van der Waals surface area contributed by atoms with Crippen LogP contribution < -0.4 is 0 Å². The number of carbonyl (C=O) groups excluding carboxylic acids is 2. The van der Waals surface area contributed by atoms with Crippen molar-refractivity contribution in [2.45, 2.75) is 18.9 Å². The number of carbonyl (C=O) groups is 2. The first-order valence-corrected chi connectivity index (χ1v) is 9.10. The molecule has 25 heavy (non-hydrogen) atoms. The number of halogens is 2. The summed E-state index contributed by atoms with van der Waals surface area (Å²) in [6.07, 6.45) is 4.76. The average molecular weight is 383 g/mol. The van der Waals surface area contributed by atoms with Crippen LogP contribution in [0.1, 0.15) is 18.4 Å². The van der Waals surface area contributed by atoms with Gasteiger partial charge < -0.3 is 14.5 Å². The zero-order valence-corrected chi connectivity index (χ0v) is 15.3. The van der Waals surface area contributed by atoms with Gasteiger partial charge in [-0.2, -0.15) is 0 Å². The van der Waals surface area contributed by atoms with Crippen LogP contribution in [0, 0.1) is 0 Å². The molecule has 2 aliphatic heterocycles. The lowest BCUT2D eigenvalue weighted by Gasteiger charge is -2.21. The van der Waals surface area contributed by atoms with Crippen LogP contribution in [0.2, 0.25) is 10.0 Å². The summed E-state index contributed by atoms with van der Waals surface area (Å²) >= 11 is 11.9. The molecule has 2 amide bonds. The van der Waals surface area contributed by atoms with Gasteiger partial charge in [0.25, 0.3) is 0 Å². The first-order valence-electron chi connectivity index (χ1n) is 8.34. The van der Waals surface area contributed by atoms with Crippen molar-refractivity contribution in [2.24, 2.45) is 0 Å². The van der Waals surface area contributed by atoms with E-state index in [9.17, 15) is 9.59 Å². The molecule has 0 bridgehead atoms. The van der Waals surface area contributed by atoms with Crippen LogP contribution in [0.5, 0.6) is 0 Å². The van der Waals surface area contributed by atoms with Gasteiger partial charge in [0.05, 0.1) is 22.8 Å². The van der Waals surface area contributed by atoms with Gasteiger partial charge in [0.2, 0.25) is 11.8 Å². The molecular weight excluding hydrogens is 363 g/mol. The molecule has 0 unspecified atom stereocenters. The summed E-state index contributed by atoms with van der Waals surface area (Å²) in [5.74, 6) is -0.00402. The van der Waals surface area contributed by atoms with Crippen molar-refractivity contribution in [3.05, 3.63) is 39.9 Å². The highest BCUT2D eigenvalue weighted by molar-refractivity contribution is 6.42. The van der Waals surface area contributed by atoms with Crippen LogP contribution >= 0.6 is 23.2 Å². The Morgan fingerprint density at radius 2 is 2.04 bits per heavy atom. The minimum Gasteiger partial charge on any atom is -0.373 e. The number of amides is 2. The fourth-order valence-corrected chi connectivity index (χ4v) is 3.05. The highest BCUT2D eigenvalue weighted by Gasteiger charge is 2.26. The number of hydrogen-bond donors (Lipinski definition) is 0. The van der Waals surface area contributed by atoms with E-state index in [2.05, 4.69) is 0 Å². The zero-order valence-electron chi connectivity index (χ0n) is 13.8. The molecule has 2 heterocycles. The third kappa shape index (κ3) is 5.21. The maximum Gasteiger partial charge on any atom is 0.246 e. The predicted molar refractivity (Wildman–Crippen MR) is 97.6 cm³/mol. The molecule has 1 aromatic carbocycles. The fourth-order valence-electron chi connectivity index (χ4n) is 2.75. The Balaban J connectivity index is 1.55. The Bertz CT molecular complexity index is 689. The Hall–Kier alpha value is -1.56. The Kier molecular flexibility index (Phi) is 5.99. The van der Waals surface area contributed by atoms with Crippen molar-refractivity contribution in [3.8, 4) is 0 Å². The van der Waals surface area contributed by atoms with Crippen LogP contribution in [0.25, 0.3) is 6.08 Å². The fraction of sp³-hybridized carbons (Fsp3) is 0.444. The third-order valence-electron chi connectivity index (χ3n) is 4.39. The molecule has 0 radical (unpaired) electrons. The molecule has 2 fully saturated rings. The van der Waals surface area contributed by atoms with E-state index in [0.29, 0.717) is 48.7 Å². The summed E-state index contributed by atoms with van der Waals surface area (Å²) in [6.45, 7) is 3.05. The number of rotatable bonds is 5. The molecule has 0 aliphatic carbocycles. The number of benzene rings is 1. The van der Waals surface area contributed by atoms with Crippen molar-refractivity contribution >= 4 is 41.1 Å². The molecule has 3 rings (SSSR count). The van der Waals surface area contributed by atoms with E-state index in [1.165, 1.54) is 6.08 Å². The summed E-state index contributed by atoms with van der Waals surface area (Å²) in [6, 6.07) is 5.20. The van der Waals surface area contributed by atoms with Crippen LogP contribution in [0.3, 0.4) is 0 Å². The summed E-state index contributed by atoms with van der Waals surface area (Å²) in [7, 11) is 0. The smallest absolute Gasteiger partial charge is 0.246 e. The molecule has 1 aromatic rings. The topological polar surface area (TPSA) is 53.2 Å². The summed E-state index contributed by atoms with van der Waals surface area (Å²) in [5.41, 5.74) is 0.805. The second-order valence-electron chi connectivity index (χ2n) is 6.21. The second-order valence-corrected chi connectivity index (χ2v) is 7.02. The minimum absolute atomic E-state index is 0.101. The molecule has 1 atom stereocenters. The SMILES string of the molecule is O=C(/C=C/c1ccc(Cl)c(Cl)c1)N1CCC(=O)N(CC[C@@H]2CO2)CC1. The van der Waals surface area contributed by atoms with Gasteiger partial charge in [-0.15, -0.1) is 0 Å². The van der Waals surface area contributed by atoms with Crippen molar-refractivity contribution in [1.29, 1.82) is 0 Å². The van der Waals surface area contributed by atoms with Crippen molar-refractivity contribution in [1.82, 2.24) is 9.80 Å². The van der Waals surface area contributed by atoms with Gasteiger partial charge in [0.1, 0.15) is 0 Å². The molecule has 0 saturated carbocycles. The quantitative estimate of drug-likeness (QED) is 0.581. The summed E-state index contributed by atoms with van der Waals surface area (Å²) in [4.78, 5) is 28.1. The lowest BCUT2D eigenvalue weighted by molar-refractivity contribution is -0.130. The van der Waals surface area contributed by atoms with Crippen molar-refractivity contribution in [3.63, 3.8) is 0 Å². The van der Waals surface area contributed by atoms with Crippen molar-refractivity contribution in [2.75, 3.05) is 32.8 Å². The van der Waals surface area contributed by atoms with E-state index in [1.807, 2.05) is 4.90 Å². The molecule has 2 aliphatic rings. The first-order chi connectivity index (χ1) is 12.0. The Morgan fingerprint density at radius 3 is 2.76 bits per heavy atom. The summed E-state index contributed by atoms with van der Waals surface area (Å²) in [5, 5.41) is 0.930. The van der Waals surface area contributed by atoms with Crippen LogP contribution in [0.15, 0.2) is 24.3 Å². The van der Waals surface area contributed by atoms with E-state index in [0.717, 1.165) is 18.6 Å². The minimum atomic E-state index is -0.105. The molecule has 7 heteroatoms. The molecule has 0 aromatic heterocycles. The zero-order chi connectivity index (χ0) is 17.8. The van der Waals surface area contributed by atoms with E-state index in [1.54, 1.807) is 29.2 Å². The molecular formula is C18H20Cl2N2O3. The van der Waals surface area contributed by atoms with Gasteiger partial charge >= 0.3 is 0 Å². The highest BCUT2D eigenvalue weighted by Crippen LogP contribution is 2.23. The monoisotopic (exact) mass is 382 g/mol. The van der Waals surface area contributed by atoms with E-state index < -0.39 is 0 Å². The Morgan fingerprint density at radius 1 is 1.24 bits per heavy atom. The van der Waals surface area contributed by atoms with E-state index in [-0.39, 0.29) is 11.8 Å². The molecule has 0 N–H and O–H groups in total. The number of ether oxygens (including phenoxy) is 1. The molecule has 134 valence electrons. The van der Waals surface area contributed by atoms with Gasteiger partial charge in [0, 0.05) is 38.7 Å². The van der Waals surface area contributed by atoms with Crippen molar-refractivity contribution < 1.29 is 14.3 Å². The number of epoxide rings is 1. The Labute approximate surface area is 157 Å². The van der Waals surface area contributed by atoms with E-state index in [4.69, 9.17) is 27.9 Å². The summed E-state index contributed by atoms with van der Waals surface area (Å²) < 4.78 is 5.19. The largest absolute Gasteiger partial charge is 0.373 e. The predicted octanol–water partition coefficient (Wildman–Crippen LogP) is 2.86. The second kappa shape index (κ2) is 8.21. The standard InChI is InChI=1S/C18H20Cl2N2O3/c19-15-3-1-13(11-16(15)20)2-4-17(23)22-8-6-18(24)21(9-10-22)7-5-14-12-25-14/h1-4,11,14H,5-10,12H2/b4-2+/t14-/m1/s1. The maximum atomic E-state index is 12.4. The van der Waals surface area contributed by atoms with E-state index >= 15 is 0 Å². The maximum absolute atomic E-state index is 12.4. The van der Waals surface area contributed by atoms with Gasteiger partial charge in [-0.3, -0.25) is 9.59 Å². The molecule has 5 nitrogen and oxygen atoms in total. The first kappa shape index (κ1) is 18.2. The van der Waals surface area contributed by atoms with Crippen LogP contribution in [-0.2, 0) is 14.3 Å². The number of hydrogen-bond acceptors (Lipinski definition) is 3. The van der Waals surface area contributed by atoms with Crippen LogP contribution in [0.4, 0.5) is 0 Å². The van der Waals surface area contributed by atoms with Gasteiger partial charge in [-0.25, -0.2) is 0 Å². The molecule has 0 spiro atoms. The van der Waals surface area contributed by atoms with Gasteiger partial charge in [-0.1, -0.05) is 29.3 Å². The highest BCUT2D eigenvalue weighted by atomic mass is 35.5. The lowest BCUT2D eigenvalue weighted by Crippen LogP contribution is -2.36. The number of nitrogens with zero attached hydrogens (tertiary/aromatic N) is 2. The normalized spacial score (nSPS) is 20.9. The average Bonchev–Trinajstić information content (AvgIpc) is 3.42. The lowest BCUT2D eigenvalue weighted by atomic mass is 10.2.